The maximum absolute atomic E-state index is 13.6. The number of nitrogens with one attached hydrogen (secondary N) is 2. The molecule has 160 valence electrons. The van der Waals surface area contributed by atoms with Crippen molar-refractivity contribution in [2.45, 2.75) is 25.8 Å². The number of nitrogens with zero attached hydrogens (tertiary/aromatic N) is 3. The van der Waals surface area contributed by atoms with E-state index in [0.717, 1.165) is 0 Å². The second-order valence-electron chi connectivity index (χ2n) is 7.20. The highest BCUT2D eigenvalue weighted by atomic mass is 35.5. The number of anilines is 2. The smallest absolute Gasteiger partial charge is 0.255 e. The van der Waals surface area contributed by atoms with E-state index in [2.05, 4.69) is 20.7 Å². The lowest BCUT2D eigenvalue weighted by Crippen LogP contribution is -2.31. The van der Waals surface area contributed by atoms with Crippen LogP contribution < -0.4 is 10.6 Å². The van der Waals surface area contributed by atoms with Crippen molar-refractivity contribution in [2.24, 2.45) is 0 Å². The van der Waals surface area contributed by atoms with Gasteiger partial charge in [-0.1, -0.05) is 23.7 Å². The molecule has 3 aromatic rings. The van der Waals surface area contributed by atoms with Crippen molar-refractivity contribution in [3.63, 3.8) is 0 Å². The fourth-order valence-corrected chi connectivity index (χ4v) is 3.64. The molecule has 1 aliphatic rings. The monoisotopic (exact) mass is 441 g/mol. The lowest BCUT2D eigenvalue weighted by molar-refractivity contribution is -0.113. The second kappa shape index (κ2) is 8.87. The van der Waals surface area contributed by atoms with Gasteiger partial charge in [0.2, 0.25) is 5.95 Å². The van der Waals surface area contributed by atoms with Crippen molar-refractivity contribution in [1.82, 2.24) is 14.8 Å². The number of allylic oxidation sites excluding steroid dienone is 1. The molecule has 0 unspecified atom stereocenters. The number of halogens is 2. The van der Waals surface area contributed by atoms with Gasteiger partial charge in [-0.3, -0.25) is 4.79 Å². The highest BCUT2D eigenvalue weighted by molar-refractivity contribution is 6.30. The quantitative estimate of drug-likeness (QED) is 0.539. The standard InChI is InChI=1S/C22H21ClFN5O2/c1-13-19(21(31)26-17-10-6-15(23)7-11-17)20(14-4-8-16(24)9-5-14)29-22(25-13)27-18(28-29)3-2-12-30/h4-11,20,30H,2-3,12H2,1H3,(H,26,31)(H,25,27,28)/t20-/m1/s1. The van der Waals surface area contributed by atoms with E-state index in [-0.39, 0.29) is 18.3 Å². The molecule has 0 radical (unpaired) electrons. The van der Waals surface area contributed by atoms with Crippen LogP contribution in [-0.2, 0) is 11.2 Å². The van der Waals surface area contributed by atoms with Crippen LogP contribution in [0.15, 0.2) is 59.8 Å². The Morgan fingerprint density at radius 3 is 2.61 bits per heavy atom. The summed E-state index contributed by atoms with van der Waals surface area (Å²) in [6.45, 7) is 1.82. The number of amides is 1. The molecule has 0 bridgehead atoms. The van der Waals surface area contributed by atoms with Gasteiger partial charge in [0.05, 0.1) is 5.57 Å². The summed E-state index contributed by atoms with van der Waals surface area (Å²) in [6, 6.07) is 12.2. The van der Waals surface area contributed by atoms with Crippen molar-refractivity contribution in [3.05, 3.63) is 82.0 Å². The number of aliphatic hydroxyl groups is 1. The second-order valence-corrected chi connectivity index (χ2v) is 7.64. The van der Waals surface area contributed by atoms with Crippen molar-refractivity contribution in [1.29, 1.82) is 0 Å². The summed E-state index contributed by atoms with van der Waals surface area (Å²) in [5.41, 5.74) is 2.35. The van der Waals surface area contributed by atoms with E-state index in [9.17, 15) is 9.18 Å². The third kappa shape index (κ3) is 4.45. The molecular formula is C22H21ClFN5O2. The zero-order valence-electron chi connectivity index (χ0n) is 16.8. The first-order valence-corrected chi connectivity index (χ1v) is 10.2. The van der Waals surface area contributed by atoms with Crippen LogP contribution in [0.25, 0.3) is 0 Å². The number of aryl methyl sites for hydroxylation is 1. The van der Waals surface area contributed by atoms with Gasteiger partial charge in [0.25, 0.3) is 5.91 Å². The number of benzene rings is 2. The number of aromatic nitrogens is 3. The Labute approximate surface area is 183 Å². The summed E-state index contributed by atoms with van der Waals surface area (Å²) in [5.74, 6) is 0.353. The SMILES string of the molecule is CC1=C(C(=O)Nc2ccc(Cl)cc2)[C@@H](c2ccc(F)cc2)n2nc(CCCO)nc2N1. The molecule has 7 nitrogen and oxygen atoms in total. The maximum atomic E-state index is 13.6. The van der Waals surface area contributed by atoms with Gasteiger partial charge in [0.15, 0.2) is 5.82 Å². The Morgan fingerprint density at radius 1 is 1.23 bits per heavy atom. The van der Waals surface area contributed by atoms with Crippen LogP contribution in [0.2, 0.25) is 5.02 Å². The molecule has 9 heteroatoms. The first-order valence-electron chi connectivity index (χ1n) is 9.82. The minimum absolute atomic E-state index is 0.0325. The van der Waals surface area contributed by atoms with Crippen LogP contribution in [0, 0.1) is 5.82 Å². The molecule has 4 rings (SSSR count). The normalized spacial score (nSPS) is 15.4. The Hall–Kier alpha value is -3.23. The van der Waals surface area contributed by atoms with Crippen LogP contribution in [0.4, 0.5) is 16.0 Å². The zero-order chi connectivity index (χ0) is 22.0. The van der Waals surface area contributed by atoms with Gasteiger partial charge < -0.3 is 15.7 Å². The lowest BCUT2D eigenvalue weighted by Gasteiger charge is -2.28. The van der Waals surface area contributed by atoms with E-state index in [1.807, 2.05) is 0 Å². The van der Waals surface area contributed by atoms with Crippen molar-refractivity contribution < 1.29 is 14.3 Å². The number of rotatable bonds is 6. The topological polar surface area (TPSA) is 92.1 Å². The minimum Gasteiger partial charge on any atom is -0.396 e. The van der Waals surface area contributed by atoms with Crippen LogP contribution in [0.1, 0.15) is 30.8 Å². The summed E-state index contributed by atoms with van der Waals surface area (Å²) in [4.78, 5) is 17.8. The van der Waals surface area contributed by atoms with Crippen molar-refractivity contribution >= 4 is 29.1 Å². The third-order valence-corrected chi connectivity index (χ3v) is 5.24. The summed E-state index contributed by atoms with van der Waals surface area (Å²) in [5, 5.41) is 20.3. The third-order valence-electron chi connectivity index (χ3n) is 4.99. The van der Waals surface area contributed by atoms with Crippen LogP contribution in [-0.4, -0.2) is 32.4 Å². The maximum Gasteiger partial charge on any atom is 0.255 e. The van der Waals surface area contributed by atoms with E-state index in [1.54, 1.807) is 48.0 Å². The van der Waals surface area contributed by atoms with E-state index in [1.165, 1.54) is 12.1 Å². The molecule has 1 aromatic heterocycles. The van der Waals surface area contributed by atoms with Crippen molar-refractivity contribution in [3.8, 4) is 0 Å². The number of fused-ring (bicyclic) bond motifs is 1. The molecule has 0 saturated heterocycles. The average molecular weight is 442 g/mol. The molecule has 1 aliphatic heterocycles. The molecule has 31 heavy (non-hydrogen) atoms. The van der Waals surface area contributed by atoms with Crippen molar-refractivity contribution in [2.75, 3.05) is 17.2 Å². The van der Waals surface area contributed by atoms with Gasteiger partial charge in [-0.15, -0.1) is 0 Å². The van der Waals surface area contributed by atoms with Gasteiger partial charge in [-0.2, -0.15) is 10.1 Å². The van der Waals surface area contributed by atoms with Gasteiger partial charge in [0.1, 0.15) is 11.9 Å². The van der Waals surface area contributed by atoms with E-state index < -0.39 is 6.04 Å². The number of carbonyl (C=O) groups is 1. The number of carbonyl (C=O) groups excluding carboxylic acids is 1. The molecular weight excluding hydrogens is 421 g/mol. The van der Waals surface area contributed by atoms with E-state index in [4.69, 9.17) is 16.7 Å². The summed E-state index contributed by atoms with van der Waals surface area (Å²) in [6.07, 6.45) is 1.03. The summed E-state index contributed by atoms with van der Waals surface area (Å²) < 4.78 is 15.2. The Balaban J connectivity index is 1.74. The predicted octanol–water partition coefficient (Wildman–Crippen LogP) is 3.92. The molecule has 2 heterocycles. The Bertz CT molecular complexity index is 1130. The molecule has 0 aliphatic carbocycles. The van der Waals surface area contributed by atoms with Crippen LogP contribution in [0.5, 0.6) is 0 Å². The van der Waals surface area contributed by atoms with E-state index >= 15 is 0 Å². The lowest BCUT2D eigenvalue weighted by atomic mass is 9.95. The highest BCUT2D eigenvalue weighted by Gasteiger charge is 2.34. The fraction of sp³-hybridized carbons (Fsp3) is 0.227. The Kier molecular flexibility index (Phi) is 6.01. The number of hydrogen-bond acceptors (Lipinski definition) is 5. The molecule has 0 saturated carbocycles. The number of aliphatic hydroxyl groups excluding tert-OH is 1. The molecule has 0 spiro atoms. The first kappa shape index (κ1) is 21.0. The fourth-order valence-electron chi connectivity index (χ4n) is 3.52. The molecule has 1 atom stereocenters. The van der Waals surface area contributed by atoms with Gasteiger partial charge >= 0.3 is 0 Å². The predicted molar refractivity (Wildman–Crippen MR) is 116 cm³/mol. The summed E-state index contributed by atoms with van der Waals surface area (Å²) >= 11 is 5.93. The van der Waals surface area contributed by atoms with E-state index in [0.29, 0.717) is 52.2 Å². The van der Waals surface area contributed by atoms with Gasteiger partial charge in [-0.05, 0) is 55.3 Å². The average Bonchev–Trinajstić information content (AvgIpc) is 3.15. The van der Waals surface area contributed by atoms with Gasteiger partial charge in [0, 0.05) is 29.4 Å². The largest absolute Gasteiger partial charge is 0.396 e. The van der Waals surface area contributed by atoms with Crippen LogP contribution in [0.3, 0.4) is 0 Å². The molecule has 0 fully saturated rings. The molecule has 3 N–H and O–H groups in total. The Morgan fingerprint density at radius 2 is 1.94 bits per heavy atom. The molecule has 2 aromatic carbocycles. The zero-order valence-corrected chi connectivity index (χ0v) is 17.5. The van der Waals surface area contributed by atoms with Gasteiger partial charge in [-0.25, -0.2) is 9.07 Å². The number of hydrogen-bond donors (Lipinski definition) is 3. The molecule has 1 amide bonds. The first-order chi connectivity index (χ1) is 15.0. The highest BCUT2D eigenvalue weighted by Crippen LogP contribution is 2.36. The minimum atomic E-state index is -0.598. The van der Waals surface area contributed by atoms with Crippen LogP contribution >= 0.6 is 11.6 Å². The summed E-state index contributed by atoms with van der Waals surface area (Å²) in [7, 11) is 0.